The molecular formula is C30H35N9O. The van der Waals surface area contributed by atoms with E-state index in [9.17, 15) is 5.11 Å². The molecule has 0 amide bonds. The van der Waals surface area contributed by atoms with Crippen LogP contribution in [-0.4, -0.2) is 74.9 Å². The Kier molecular flexibility index (Phi) is 7.41. The summed E-state index contributed by atoms with van der Waals surface area (Å²) in [6.07, 6.45) is 8.06. The summed E-state index contributed by atoms with van der Waals surface area (Å²) in [7, 11) is 0. The summed E-state index contributed by atoms with van der Waals surface area (Å²) >= 11 is 0. The van der Waals surface area contributed by atoms with Crippen LogP contribution in [0.2, 0.25) is 0 Å². The minimum absolute atomic E-state index is 0.512. The molecule has 2 fully saturated rings. The highest BCUT2D eigenvalue weighted by molar-refractivity contribution is 5.60. The highest BCUT2D eigenvalue weighted by Gasteiger charge is 2.28. The predicted octanol–water partition coefficient (Wildman–Crippen LogP) is 3.67. The summed E-state index contributed by atoms with van der Waals surface area (Å²) in [5, 5.41) is 13.7. The van der Waals surface area contributed by atoms with Crippen molar-refractivity contribution in [1.82, 2.24) is 24.9 Å². The number of piperidine rings is 1. The molecule has 10 heteroatoms. The average Bonchev–Trinajstić information content (AvgIpc) is 2.98. The minimum atomic E-state index is -0.637. The first-order valence-electron chi connectivity index (χ1n) is 13.9. The zero-order valence-electron chi connectivity index (χ0n) is 22.8. The monoisotopic (exact) mass is 537 g/mol. The molecule has 206 valence electrons. The maximum atomic E-state index is 10.4. The van der Waals surface area contributed by atoms with Crippen LogP contribution in [0.3, 0.4) is 0 Å². The summed E-state index contributed by atoms with van der Waals surface area (Å²) in [5.74, 6) is 1.92. The molecule has 0 bridgehead atoms. The molecule has 4 aromatic rings. The van der Waals surface area contributed by atoms with Crippen molar-refractivity contribution in [3.63, 3.8) is 0 Å². The van der Waals surface area contributed by atoms with Gasteiger partial charge in [-0.3, -0.25) is 0 Å². The van der Waals surface area contributed by atoms with Crippen molar-refractivity contribution in [3.05, 3.63) is 84.4 Å². The van der Waals surface area contributed by atoms with Crippen molar-refractivity contribution in [2.75, 3.05) is 59.3 Å². The van der Waals surface area contributed by atoms with E-state index in [-0.39, 0.29) is 0 Å². The lowest BCUT2D eigenvalue weighted by atomic mass is 9.95. The highest BCUT2D eigenvalue weighted by Crippen LogP contribution is 2.27. The Bertz CT molecular complexity index is 1390. The first kappa shape index (κ1) is 25.9. The van der Waals surface area contributed by atoms with Gasteiger partial charge in [-0.05, 0) is 55.2 Å². The number of β-amino-alcohol motifs (C(OH)–C–C–N with tert-alkyl or cyclic N) is 1. The molecule has 2 aromatic carbocycles. The van der Waals surface area contributed by atoms with E-state index in [1.165, 1.54) is 5.56 Å². The number of aromatic nitrogens is 5. The lowest BCUT2D eigenvalue weighted by molar-refractivity contribution is 0.0449. The third-order valence-corrected chi connectivity index (χ3v) is 7.51. The van der Waals surface area contributed by atoms with Crippen molar-refractivity contribution < 1.29 is 5.11 Å². The molecule has 10 nitrogen and oxygen atoms in total. The van der Waals surface area contributed by atoms with Gasteiger partial charge in [0.1, 0.15) is 6.33 Å². The molecule has 6 rings (SSSR count). The smallest absolute Gasteiger partial charge is 0.231 e. The van der Waals surface area contributed by atoms with Crippen LogP contribution < -0.4 is 20.0 Å². The minimum Gasteiger partial charge on any atom is -0.388 e. The number of hydrogen-bond donors (Lipinski definition) is 2. The van der Waals surface area contributed by atoms with E-state index in [2.05, 4.69) is 81.3 Å². The van der Waals surface area contributed by atoms with Crippen molar-refractivity contribution in [1.29, 1.82) is 0 Å². The zero-order chi connectivity index (χ0) is 27.4. The zero-order valence-corrected chi connectivity index (χ0v) is 22.8. The Labute approximate surface area is 234 Å². The standard InChI is InChI=1S/C30H35N9O/c1-30(40)12-5-13-39(21-30)26-10-8-25(9-11-26)35-27-33-22-34-29(36-27)38-16-14-37(15-17-38)28-31-19-24(20-32-28)18-23-6-3-2-4-7-23/h2-4,6-11,19-20,22,40H,5,12-18,21H2,1H3,(H,33,34,35,36)/t30-/m1/s1. The van der Waals surface area contributed by atoms with Crippen molar-refractivity contribution in [2.24, 2.45) is 0 Å². The molecule has 2 saturated heterocycles. The maximum Gasteiger partial charge on any atom is 0.231 e. The average molecular weight is 538 g/mol. The lowest BCUT2D eigenvalue weighted by Gasteiger charge is -2.38. The lowest BCUT2D eigenvalue weighted by Crippen LogP contribution is -2.47. The number of hydrogen-bond acceptors (Lipinski definition) is 10. The molecule has 4 heterocycles. The summed E-state index contributed by atoms with van der Waals surface area (Å²) in [6.45, 7) is 6.63. The van der Waals surface area contributed by atoms with Crippen LogP contribution >= 0.6 is 0 Å². The van der Waals surface area contributed by atoms with Gasteiger partial charge >= 0.3 is 0 Å². The number of nitrogens with zero attached hydrogens (tertiary/aromatic N) is 8. The summed E-state index contributed by atoms with van der Waals surface area (Å²) in [5.41, 5.74) is 3.73. The van der Waals surface area contributed by atoms with E-state index in [1.54, 1.807) is 6.33 Å². The second-order valence-electron chi connectivity index (χ2n) is 10.8. The van der Waals surface area contributed by atoms with Crippen molar-refractivity contribution in [3.8, 4) is 0 Å². The van der Waals surface area contributed by atoms with Crippen LogP contribution in [-0.2, 0) is 6.42 Å². The molecule has 2 aliphatic heterocycles. The van der Waals surface area contributed by atoms with Gasteiger partial charge in [-0.15, -0.1) is 0 Å². The third kappa shape index (κ3) is 6.28. The highest BCUT2D eigenvalue weighted by atomic mass is 16.3. The molecule has 1 atom stereocenters. The molecule has 2 aromatic heterocycles. The van der Waals surface area contributed by atoms with E-state index < -0.39 is 5.60 Å². The van der Waals surface area contributed by atoms with Crippen LogP contribution in [0.5, 0.6) is 0 Å². The number of piperazine rings is 1. The second kappa shape index (κ2) is 11.4. The normalized spacial score (nSPS) is 19.5. The molecule has 0 unspecified atom stereocenters. The molecule has 0 saturated carbocycles. The summed E-state index contributed by atoms with van der Waals surface area (Å²) in [4.78, 5) is 29.3. The van der Waals surface area contributed by atoms with Gasteiger partial charge in [0.2, 0.25) is 17.8 Å². The van der Waals surface area contributed by atoms with Gasteiger partial charge in [-0.25, -0.2) is 19.9 Å². The van der Waals surface area contributed by atoms with E-state index in [0.717, 1.165) is 74.9 Å². The Hall–Kier alpha value is -4.31. The van der Waals surface area contributed by atoms with Crippen LogP contribution in [0.4, 0.5) is 29.2 Å². The van der Waals surface area contributed by atoms with Crippen LogP contribution in [0.25, 0.3) is 0 Å². The first-order valence-corrected chi connectivity index (χ1v) is 13.9. The summed E-state index contributed by atoms with van der Waals surface area (Å²) < 4.78 is 0. The van der Waals surface area contributed by atoms with Gasteiger partial charge in [-0.1, -0.05) is 30.3 Å². The van der Waals surface area contributed by atoms with Crippen molar-refractivity contribution >= 4 is 29.2 Å². The molecule has 40 heavy (non-hydrogen) atoms. The third-order valence-electron chi connectivity index (χ3n) is 7.51. The molecular weight excluding hydrogens is 502 g/mol. The molecule has 2 N–H and O–H groups in total. The van der Waals surface area contributed by atoms with Crippen LogP contribution in [0.15, 0.2) is 73.3 Å². The molecule has 0 aliphatic carbocycles. The number of nitrogens with one attached hydrogen (secondary N) is 1. The van der Waals surface area contributed by atoms with Crippen LogP contribution in [0, 0.1) is 0 Å². The Morgan fingerprint density at radius 3 is 2.17 bits per heavy atom. The Morgan fingerprint density at radius 2 is 1.48 bits per heavy atom. The Morgan fingerprint density at radius 1 is 0.775 bits per heavy atom. The van der Waals surface area contributed by atoms with Gasteiger partial charge in [-0.2, -0.15) is 4.98 Å². The molecule has 2 aliphatic rings. The fourth-order valence-electron chi connectivity index (χ4n) is 5.37. The van der Waals surface area contributed by atoms with Gasteiger partial charge in [0.05, 0.1) is 5.60 Å². The number of benzene rings is 2. The molecule has 0 radical (unpaired) electrons. The quantitative estimate of drug-likeness (QED) is 0.363. The van der Waals surface area contributed by atoms with E-state index >= 15 is 0 Å². The second-order valence-corrected chi connectivity index (χ2v) is 10.8. The fraction of sp³-hybridized carbons (Fsp3) is 0.367. The van der Waals surface area contributed by atoms with Gasteiger partial charge < -0.3 is 25.1 Å². The van der Waals surface area contributed by atoms with E-state index in [4.69, 9.17) is 0 Å². The summed E-state index contributed by atoms with van der Waals surface area (Å²) in [6, 6.07) is 18.6. The topological polar surface area (TPSA) is 106 Å². The SMILES string of the molecule is C[C@@]1(O)CCCN(c2ccc(Nc3ncnc(N4CCN(c5ncc(Cc6ccccc6)cn5)CC4)n3)cc2)C1. The van der Waals surface area contributed by atoms with Gasteiger partial charge in [0.15, 0.2) is 0 Å². The largest absolute Gasteiger partial charge is 0.388 e. The fourth-order valence-corrected chi connectivity index (χ4v) is 5.37. The van der Waals surface area contributed by atoms with E-state index in [1.807, 2.05) is 37.5 Å². The van der Waals surface area contributed by atoms with Crippen LogP contribution in [0.1, 0.15) is 30.9 Å². The van der Waals surface area contributed by atoms with Gasteiger partial charge in [0.25, 0.3) is 0 Å². The number of anilines is 5. The van der Waals surface area contributed by atoms with Crippen molar-refractivity contribution in [2.45, 2.75) is 31.8 Å². The van der Waals surface area contributed by atoms with E-state index in [0.29, 0.717) is 18.4 Å². The Balaban J connectivity index is 1.03. The predicted molar refractivity (Wildman–Crippen MR) is 157 cm³/mol. The number of rotatable bonds is 7. The van der Waals surface area contributed by atoms with Gasteiger partial charge in [0, 0.05) is 69.5 Å². The maximum absolute atomic E-state index is 10.4. The number of aliphatic hydroxyl groups is 1. The molecule has 0 spiro atoms. The first-order chi connectivity index (χ1) is 19.5.